The summed E-state index contributed by atoms with van der Waals surface area (Å²) in [5.41, 5.74) is 1.18. The van der Waals surface area contributed by atoms with E-state index < -0.39 is 9.84 Å². The zero-order valence-electron chi connectivity index (χ0n) is 13.3. The average molecular weight is 395 g/mol. The first-order valence-corrected chi connectivity index (χ1v) is 10.2. The van der Waals surface area contributed by atoms with E-state index in [1.165, 1.54) is 12.1 Å². The number of Topliss-reactive ketones (excluding diaryl/α,β-unsaturated/α-hetero) is 1. The van der Waals surface area contributed by atoms with Crippen molar-refractivity contribution in [2.24, 2.45) is 0 Å². The van der Waals surface area contributed by atoms with E-state index in [9.17, 15) is 13.2 Å². The third-order valence-electron chi connectivity index (χ3n) is 4.30. The van der Waals surface area contributed by atoms with Crippen LogP contribution in [-0.2, 0) is 14.6 Å². The highest BCUT2D eigenvalue weighted by Crippen LogP contribution is 2.37. The molecule has 0 fully saturated rings. The van der Waals surface area contributed by atoms with Gasteiger partial charge in [0.25, 0.3) is 0 Å². The second kappa shape index (κ2) is 7.32. The van der Waals surface area contributed by atoms with Gasteiger partial charge < -0.3 is 0 Å². The third kappa shape index (κ3) is 4.14. The maximum absolute atomic E-state index is 12.5. The second-order valence-electron chi connectivity index (χ2n) is 6.04. The lowest BCUT2D eigenvalue weighted by molar-refractivity contribution is -0.116. The molecule has 0 amide bonds. The Kier molecular flexibility index (Phi) is 5.32. The van der Waals surface area contributed by atoms with Gasteiger partial charge in [-0.15, -0.1) is 0 Å². The van der Waals surface area contributed by atoms with Gasteiger partial charge in [0.05, 0.1) is 10.6 Å². The Morgan fingerprint density at radius 3 is 2.16 bits per heavy atom. The molecule has 1 aliphatic carbocycles. The van der Waals surface area contributed by atoms with Crippen LogP contribution in [0.25, 0.3) is 0 Å². The van der Waals surface area contributed by atoms with Gasteiger partial charge in [-0.3, -0.25) is 4.79 Å². The Balaban J connectivity index is 1.84. The van der Waals surface area contributed by atoms with Gasteiger partial charge in [0, 0.05) is 22.0 Å². The fraction of sp³-hybridized carbons (Fsp3) is 0.211. The van der Waals surface area contributed by atoms with E-state index in [-0.39, 0.29) is 34.3 Å². The van der Waals surface area contributed by atoms with Crippen molar-refractivity contribution in [2.45, 2.75) is 23.7 Å². The van der Waals surface area contributed by atoms with Crippen LogP contribution >= 0.6 is 23.2 Å². The van der Waals surface area contributed by atoms with E-state index >= 15 is 0 Å². The topological polar surface area (TPSA) is 51.2 Å². The summed E-state index contributed by atoms with van der Waals surface area (Å²) in [6.07, 6.45) is 0.700. The maximum Gasteiger partial charge on any atom is 0.182 e. The molecular formula is C19H16Cl2O3S. The number of carbonyl (C=O) groups excluding carboxylic acids is 1. The number of hydrogen-bond acceptors (Lipinski definition) is 3. The molecule has 2 aromatic carbocycles. The molecule has 3 nitrogen and oxygen atoms in total. The Bertz CT molecular complexity index is 917. The molecule has 0 saturated heterocycles. The molecule has 0 unspecified atom stereocenters. The first kappa shape index (κ1) is 18.2. The Morgan fingerprint density at radius 2 is 1.56 bits per heavy atom. The average Bonchev–Trinajstić information content (AvgIpc) is 2.59. The number of allylic oxidation sites excluding steroid dienone is 1. The molecule has 0 aromatic heterocycles. The van der Waals surface area contributed by atoms with Crippen molar-refractivity contribution in [3.05, 3.63) is 75.8 Å². The Hall–Kier alpha value is -1.62. The second-order valence-corrected chi connectivity index (χ2v) is 8.92. The van der Waals surface area contributed by atoms with E-state index in [0.717, 1.165) is 5.56 Å². The predicted octanol–water partition coefficient (Wildman–Crippen LogP) is 4.75. The van der Waals surface area contributed by atoms with E-state index in [0.29, 0.717) is 16.5 Å². The molecule has 25 heavy (non-hydrogen) atoms. The molecule has 6 heteroatoms. The largest absolute Gasteiger partial charge is 0.294 e. The molecule has 0 radical (unpaired) electrons. The molecule has 1 aliphatic rings. The van der Waals surface area contributed by atoms with Gasteiger partial charge in [-0.05, 0) is 42.2 Å². The molecule has 0 heterocycles. The van der Waals surface area contributed by atoms with E-state index in [1.807, 2.05) is 12.1 Å². The van der Waals surface area contributed by atoms with Crippen LogP contribution in [0.2, 0.25) is 5.02 Å². The molecule has 2 aromatic rings. The lowest BCUT2D eigenvalue weighted by atomic mass is 9.84. The number of sulfone groups is 1. The highest BCUT2D eigenvalue weighted by atomic mass is 35.5. The monoisotopic (exact) mass is 394 g/mol. The molecule has 0 saturated carbocycles. The minimum Gasteiger partial charge on any atom is -0.294 e. The number of hydrogen-bond donors (Lipinski definition) is 0. The smallest absolute Gasteiger partial charge is 0.182 e. The molecule has 130 valence electrons. The van der Waals surface area contributed by atoms with Gasteiger partial charge in [0.2, 0.25) is 0 Å². The number of halogens is 2. The van der Waals surface area contributed by atoms with E-state index in [1.54, 1.807) is 30.3 Å². The first-order valence-electron chi connectivity index (χ1n) is 7.81. The Morgan fingerprint density at radius 1 is 0.920 bits per heavy atom. The van der Waals surface area contributed by atoms with Crippen LogP contribution in [0.15, 0.2) is 70.1 Å². The van der Waals surface area contributed by atoms with Crippen molar-refractivity contribution < 1.29 is 13.2 Å². The van der Waals surface area contributed by atoms with Crippen LogP contribution in [0.4, 0.5) is 0 Å². The molecule has 0 spiro atoms. The van der Waals surface area contributed by atoms with Crippen LogP contribution in [0.5, 0.6) is 0 Å². The van der Waals surface area contributed by atoms with Crippen LogP contribution in [0.1, 0.15) is 24.3 Å². The van der Waals surface area contributed by atoms with Gasteiger partial charge in [-0.25, -0.2) is 8.42 Å². The lowest BCUT2D eigenvalue weighted by Gasteiger charge is -2.24. The number of carbonyl (C=O) groups is 1. The first-order chi connectivity index (χ1) is 11.9. The van der Waals surface area contributed by atoms with Gasteiger partial charge in [0.15, 0.2) is 15.6 Å². The van der Waals surface area contributed by atoms with Crippen LogP contribution in [0.3, 0.4) is 0 Å². The van der Waals surface area contributed by atoms with Crippen LogP contribution < -0.4 is 0 Å². The van der Waals surface area contributed by atoms with Gasteiger partial charge in [-0.2, -0.15) is 0 Å². The molecule has 0 bridgehead atoms. The molecular weight excluding hydrogens is 379 g/mol. The summed E-state index contributed by atoms with van der Waals surface area (Å²) < 4.78 is 25.0. The molecule has 3 rings (SSSR count). The van der Waals surface area contributed by atoms with Gasteiger partial charge >= 0.3 is 0 Å². The number of rotatable bonds is 4. The minimum atomic E-state index is -3.59. The summed E-state index contributed by atoms with van der Waals surface area (Å²) in [6, 6.07) is 15.4. The highest BCUT2D eigenvalue weighted by Gasteiger charge is 2.31. The third-order valence-corrected chi connectivity index (χ3v) is 6.59. The predicted molar refractivity (Wildman–Crippen MR) is 99.8 cm³/mol. The van der Waals surface area contributed by atoms with Crippen molar-refractivity contribution in [2.75, 3.05) is 5.75 Å². The molecule has 0 aliphatic heterocycles. The van der Waals surface area contributed by atoms with Gasteiger partial charge in [0.1, 0.15) is 0 Å². The SMILES string of the molecule is O=C1C[C@@H](c2ccc(Cl)cc2)CC(Cl)=C1CS(=O)(=O)c1ccccc1. The number of ketones is 1. The summed E-state index contributed by atoms with van der Waals surface area (Å²) in [4.78, 5) is 12.7. The van der Waals surface area contributed by atoms with E-state index in [4.69, 9.17) is 23.2 Å². The van der Waals surface area contributed by atoms with Crippen LogP contribution in [-0.4, -0.2) is 20.0 Å². The normalized spacial score (nSPS) is 18.5. The summed E-state index contributed by atoms with van der Waals surface area (Å²) in [5, 5.41) is 0.956. The maximum atomic E-state index is 12.5. The Labute approximate surface area is 157 Å². The fourth-order valence-corrected chi connectivity index (χ4v) is 4.96. The number of benzene rings is 2. The zero-order valence-corrected chi connectivity index (χ0v) is 15.6. The van der Waals surface area contributed by atoms with Crippen molar-refractivity contribution >= 4 is 38.8 Å². The highest BCUT2D eigenvalue weighted by molar-refractivity contribution is 7.91. The van der Waals surface area contributed by atoms with E-state index in [2.05, 4.69) is 0 Å². The minimum absolute atomic E-state index is 0.0551. The summed E-state index contributed by atoms with van der Waals surface area (Å²) in [5.74, 6) is -0.627. The van der Waals surface area contributed by atoms with Gasteiger partial charge in [-0.1, -0.05) is 53.5 Å². The van der Waals surface area contributed by atoms with Crippen molar-refractivity contribution in [1.82, 2.24) is 0 Å². The summed E-state index contributed by atoms with van der Waals surface area (Å²) >= 11 is 12.2. The molecule has 1 atom stereocenters. The fourth-order valence-electron chi connectivity index (χ4n) is 2.94. The summed E-state index contributed by atoms with van der Waals surface area (Å²) in [6.45, 7) is 0. The lowest BCUT2D eigenvalue weighted by Crippen LogP contribution is -2.22. The quantitative estimate of drug-likeness (QED) is 0.751. The van der Waals surface area contributed by atoms with Crippen molar-refractivity contribution in [3.63, 3.8) is 0 Å². The zero-order chi connectivity index (χ0) is 18.0. The standard InChI is InChI=1S/C19H16Cl2O3S/c20-15-8-6-13(7-9-15)14-10-18(21)17(19(22)11-14)12-25(23,24)16-4-2-1-3-5-16/h1-9,14H,10-12H2/t14-/m0/s1. The van der Waals surface area contributed by atoms with Crippen molar-refractivity contribution in [1.29, 1.82) is 0 Å². The van der Waals surface area contributed by atoms with Crippen molar-refractivity contribution in [3.8, 4) is 0 Å². The van der Waals surface area contributed by atoms with Crippen LogP contribution in [0, 0.1) is 0 Å². The molecule has 0 N–H and O–H groups in total. The summed E-state index contributed by atoms with van der Waals surface area (Å²) in [7, 11) is -3.59.